The van der Waals surface area contributed by atoms with Crippen LogP contribution >= 0.6 is 0 Å². The van der Waals surface area contributed by atoms with Gasteiger partial charge in [0.15, 0.2) is 0 Å². The van der Waals surface area contributed by atoms with E-state index >= 15 is 0 Å². The molecular formula is C13H24N2O. The minimum Gasteiger partial charge on any atom is -0.378 e. The lowest BCUT2D eigenvalue weighted by atomic mass is 9.92. The van der Waals surface area contributed by atoms with E-state index in [0.717, 1.165) is 25.9 Å². The molecular weight excluding hydrogens is 200 g/mol. The summed E-state index contributed by atoms with van der Waals surface area (Å²) in [6.45, 7) is 2.85. The number of nitriles is 1. The molecule has 3 nitrogen and oxygen atoms in total. The van der Waals surface area contributed by atoms with Crippen LogP contribution in [0.3, 0.4) is 0 Å². The summed E-state index contributed by atoms with van der Waals surface area (Å²) in [6, 6.07) is 2.38. The number of ether oxygens (including phenoxy) is 1. The molecule has 0 aromatic carbocycles. The highest BCUT2D eigenvalue weighted by atomic mass is 16.5. The fourth-order valence-electron chi connectivity index (χ4n) is 2.35. The molecule has 0 saturated heterocycles. The van der Waals surface area contributed by atoms with E-state index in [1.165, 1.54) is 25.7 Å². The first-order valence-corrected chi connectivity index (χ1v) is 6.48. The van der Waals surface area contributed by atoms with Crippen LogP contribution in [0, 0.1) is 11.3 Å². The fraction of sp³-hybridized carbons (Fsp3) is 0.923. The quantitative estimate of drug-likeness (QED) is 0.676. The van der Waals surface area contributed by atoms with Gasteiger partial charge in [-0.15, -0.1) is 0 Å². The SMILES string of the molecule is CCC(C#N)(CCCOC1CCCC1)NC. The Labute approximate surface area is 99.2 Å². The van der Waals surface area contributed by atoms with Crippen molar-refractivity contribution in [3.05, 3.63) is 0 Å². The van der Waals surface area contributed by atoms with Crippen molar-refractivity contribution in [3.63, 3.8) is 0 Å². The van der Waals surface area contributed by atoms with Gasteiger partial charge in [-0.1, -0.05) is 19.8 Å². The van der Waals surface area contributed by atoms with E-state index in [-0.39, 0.29) is 5.54 Å². The molecule has 0 heterocycles. The summed E-state index contributed by atoms with van der Waals surface area (Å²) in [5.41, 5.74) is -0.348. The van der Waals surface area contributed by atoms with Gasteiger partial charge in [-0.25, -0.2) is 0 Å². The molecule has 1 unspecified atom stereocenters. The van der Waals surface area contributed by atoms with Gasteiger partial charge in [0.05, 0.1) is 12.2 Å². The van der Waals surface area contributed by atoms with Crippen molar-refractivity contribution < 1.29 is 4.74 Å². The minimum atomic E-state index is -0.348. The summed E-state index contributed by atoms with van der Waals surface area (Å²) >= 11 is 0. The van der Waals surface area contributed by atoms with Crippen molar-refractivity contribution in [1.29, 1.82) is 5.26 Å². The van der Waals surface area contributed by atoms with Gasteiger partial charge in [-0.3, -0.25) is 0 Å². The standard InChI is InChI=1S/C13H24N2O/c1-3-13(11-14,15-2)9-6-10-16-12-7-4-5-8-12/h12,15H,3-10H2,1-2H3. The Hall–Kier alpha value is -0.590. The van der Waals surface area contributed by atoms with Crippen LogP contribution in [0.5, 0.6) is 0 Å². The Morgan fingerprint density at radius 2 is 2.12 bits per heavy atom. The predicted molar refractivity (Wildman–Crippen MR) is 65.1 cm³/mol. The van der Waals surface area contributed by atoms with Crippen molar-refractivity contribution in [3.8, 4) is 6.07 Å². The normalized spacial score (nSPS) is 20.6. The molecule has 0 aromatic heterocycles. The van der Waals surface area contributed by atoms with Crippen LogP contribution in [0.1, 0.15) is 51.9 Å². The van der Waals surface area contributed by atoms with Crippen LogP contribution in [0.25, 0.3) is 0 Å². The molecule has 0 aliphatic heterocycles. The monoisotopic (exact) mass is 224 g/mol. The van der Waals surface area contributed by atoms with E-state index in [2.05, 4.69) is 18.3 Å². The maximum Gasteiger partial charge on any atom is 0.106 e. The molecule has 0 radical (unpaired) electrons. The second kappa shape index (κ2) is 6.88. The van der Waals surface area contributed by atoms with Crippen LogP contribution in [0.2, 0.25) is 0 Å². The minimum absolute atomic E-state index is 0.348. The zero-order chi connectivity index (χ0) is 11.9. The van der Waals surface area contributed by atoms with Gasteiger partial charge in [0.25, 0.3) is 0 Å². The van der Waals surface area contributed by atoms with Gasteiger partial charge in [0, 0.05) is 6.61 Å². The second-order valence-corrected chi connectivity index (χ2v) is 4.68. The largest absolute Gasteiger partial charge is 0.378 e. The van der Waals surface area contributed by atoms with Gasteiger partial charge in [0.1, 0.15) is 5.54 Å². The smallest absolute Gasteiger partial charge is 0.106 e. The third-order valence-electron chi connectivity index (χ3n) is 3.70. The molecule has 1 fully saturated rings. The zero-order valence-corrected chi connectivity index (χ0v) is 10.6. The van der Waals surface area contributed by atoms with Gasteiger partial charge in [-0.05, 0) is 39.2 Å². The molecule has 0 bridgehead atoms. The van der Waals surface area contributed by atoms with E-state index in [0.29, 0.717) is 6.10 Å². The van der Waals surface area contributed by atoms with Crippen molar-refractivity contribution in [2.75, 3.05) is 13.7 Å². The van der Waals surface area contributed by atoms with E-state index in [1.54, 1.807) is 0 Å². The van der Waals surface area contributed by atoms with Crippen molar-refractivity contribution in [2.24, 2.45) is 0 Å². The Kier molecular flexibility index (Phi) is 5.79. The van der Waals surface area contributed by atoms with Crippen LogP contribution in [0.15, 0.2) is 0 Å². The Morgan fingerprint density at radius 3 is 2.62 bits per heavy atom. The lowest BCUT2D eigenvalue weighted by Gasteiger charge is -2.24. The Balaban J connectivity index is 2.15. The summed E-state index contributed by atoms with van der Waals surface area (Å²) in [4.78, 5) is 0. The lowest BCUT2D eigenvalue weighted by Crippen LogP contribution is -2.41. The maximum absolute atomic E-state index is 9.13. The highest BCUT2D eigenvalue weighted by Crippen LogP contribution is 2.22. The lowest BCUT2D eigenvalue weighted by molar-refractivity contribution is 0.0533. The van der Waals surface area contributed by atoms with Crippen molar-refractivity contribution in [1.82, 2.24) is 5.32 Å². The van der Waals surface area contributed by atoms with Crippen LogP contribution in [-0.2, 0) is 4.74 Å². The average Bonchev–Trinajstić information content (AvgIpc) is 2.83. The third kappa shape index (κ3) is 3.77. The molecule has 1 N–H and O–H groups in total. The molecule has 0 amide bonds. The highest BCUT2D eigenvalue weighted by Gasteiger charge is 2.25. The topological polar surface area (TPSA) is 45.0 Å². The third-order valence-corrected chi connectivity index (χ3v) is 3.70. The van der Waals surface area contributed by atoms with Gasteiger partial charge in [-0.2, -0.15) is 5.26 Å². The van der Waals surface area contributed by atoms with E-state index < -0.39 is 0 Å². The Morgan fingerprint density at radius 1 is 1.44 bits per heavy atom. The van der Waals surface area contributed by atoms with Crippen molar-refractivity contribution in [2.45, 2.75) is 63.5 Å². The number of hydrogen-bond donors (Lipinski definition) is 1. The summed E-state index contributed by atoms with van der Waals surface area (Å²) in [6.07, 6.45) is 8.28. The number of hydrogen-bond acceptors (Lipinski definition) is 3. The zero-order valence-electron chi connectivity index (χ0n) is 10.6. The van der Waals surface area contributed by atoms with E-state index in [4.69, 9.17) is 10.00 Å². The van der Waals surface area contributed by atoms with Crippen LogP contribution in [0.4, 0.5) is 0 Å². The Bertz CT molecular complexity index is 225. The second-order valence-electron chi connectivity index (χ2n) is 4.68. The van der Waals surface area contributed by atoms with Gasteiger partial charge >= 0.3 is 0 Å². The summed E-state index contributed by atoms with van der Waals surface area (Å²) < 4.78 is 5.79. The van der Waals surface area contributed by atoms with Gasteiger partial charge < -0.3 is 10.1 Å². The molecule has 1 aliphatic rings. The first-order chi connectivity index (χ1) is 7.76. The molecule has 1 rings (SSSR count). The summed E-state index contributed by atoms with van der Waals surface area (Å²) in [7, 11) is 1.87. The molecule has 3 heteroatoms. The fourth-order valence-corrected chi connectivity index (χ4v) is 2.35. The van der Waals surface area contributed by atoms with Crippen molar-refractivity contribution >= 4 is 0 Å². The molecule has 1 atom stereocenters. The van der Waals surface area contributed by atoms with Crippen LogP contribution in [-0.4, -0.2) is 25.3 Å². The molecule has 1 saturated carbocycles. The maximum atomic E-state index is 9.13. The number of rotatable bonds is 7. The molecule has 0 spiro atoms. The van der Waals surface area contributed by atoms with E-state index in [9.17, 15) is 0 Å². The summed E-state index contributed by atoms with van der Waals surface area (Å²) in [5.74, 6) is 0. The first-order valence-electron chi connectivity index (χ1n) is 6.48. The highest BCUT2D eigenvalue weighted by molar-refractivity contribution is 5.05. The predicted octanol–water partition coefficient (Wildman–Crippen LogP) is 2.62. The average molecular weight is 224 g/mol. The van der Waals surface area contributed by atoms with Gasteiger partial charge in [0.2, 0.25) is 0 Å². The summed E-state index contributed by atoms with van der Waals surface area (Å²) in [5, 5.41) is 12.3. The van der Waals surface area contributed by atoms with Crippen LogP contribution < -0.4 is 5.32 Å². The molecule has 92 valence electrons. The molecule has 1 aliphatic carbocycles. The number of nitrogens with one attached hydrogen (secondary N) is 1. The first kappa shape index (κ1) is 13.5. The molecule has 16 heavy (non-hydrogen) atoms. The molecule has 0 aromatic rings. The van der Waals surface area contributed by atoms with E-state index in [1.807, 2.05) is 7.05 Å². The number of nitrogens with zero attached hydrogens (tertiary/aromatic N) is 1.